The van der Waals surface area contributed by atoms with Gasteiger partial charge in [0, 0.05) is 5.41 Å². The van der Waals surface area contributed by atoms with Crippen LogP contribution in [-0.2, 0) is 16.6 Å². The Morgan fingerprint density at radius 1 is 0.882 bits per heavy atom. The summed E-state index contributed by atoms with van der Waals surface area (Å²) >= 11 is 0. The largest absolute Gasteiger partial charge is 0.255 e. The molecule has 0 unspecified atom stereocenters. The zero-order valence-corrected chi connectivity index (χ0v) is 10.3. The monoisotopic (exact) mass is 242 g/mol. The van der Waals surface area contributed by atoms with Crippen LogP contribution in [0.25, 0.3) is 6.08 Å². The fourth-order valence-corrected chi connectivity index (χ4v) is 2.43. The molecule has 0 aromatic heterocycles. The zero-order chi connectivity index (χ0) is 11.9. The Bertz CT molecular complexity index is 503. The van der Waals surface area contributed by atoms with Crippen LogP contribution >= 0.6 is 0 Å². The molecular formula is C15H14OS. The molecule has 2 rings (SSSR count). The van der Waals surface area contributed by atoms with E-state index in [1.165, 1.54) is 0 Å². The third-order valence-electron chi connectivity index (χ3n) is 2.36. The third-order valence-corrected chi connectivity index (χ3v) is 3.42. The summed E-state index contributed by atoms with van der Waals surface area (Å²) in [6, 6.07) is 19.8. The average Bonchev–Trinajstić information content (AvgIpc) is 2.39. The van der Waals surface area contributed by atoms with E-state index in [2.05, 4.69) is 0 Å². The summed E-state index contributed by atoms with van der Waals surface area (Å²) in [7, 11) is -0.952. The normalized spacial score (nSPS) is 12.7. The van der Waals surface area contributed by atoms with Crippen LogP contribution in [0.3, 0.4) is 0 Å². The molecule has 2 aromatic carbocycles. The summed E-state index contributed by atoms with van der Waals surface area (Å²) in [5.41, 5.74) is 2.18. The van der Waals surface area contributed by atoms with E-state index in [1.807, 2.05) is 66.7 Å². The van der Waals surface area contributed by atoms with Crippen molar-refractivity contribution in [2.24, 2.45) is 0 Å². The van der Waals surface area contributed by atoms with Crippen molar-refractivity contribution in [3.8, 4) is 0 Å². The standard InChI is InChI=1S/C15H14OS/c16-17(13-15-9-5-2-6-10-15)12-11-14-7-3-1-4-8-14/h1-12H,13H2/t17-/m1/s1. The fraction of sp³-hybridized carbons (Fsp3) is 0.0667. The van der Waals surface area contributed by atoms with Crippen LogP contribution < -0.4 is 0 Å². The van der Waals surface area contributed by atoms with Crippen molar-refractivity contribution in [3.63, 3.8) is 0 Å². The average molecular weight is 242 g/mol. The van der Waals surface area contributed by atoms with Crippen LogP contribution in [-0.4, -0.2) is 4.21 Å². The van der Waals surface area contributed by atoms with Crippen molar-refractivity contribution in [2.75, 3.05) is 0 Å². The zero-order valence-electron chi connectivity index (χ0n) is 9.45. The summed E-state index contributed by atoms with van der Waals surface area (Å²) < 4.78 is 11.8. The second-order valence-corrected chi connectivity index (χ2v) is 5.05. The summed E-state index contributed by atoms with van der Waals surface area (Å²) in [6.45, 7) is 0. The Labute approximate surface area is 104 Å². The fourth-order valence-electron chi connectivity index (χ4n) is 1.51. The van der Waals surface area contributed by atoms with Gasteiger partial charge in [0.05, 0.1) is 16.6 Å². The van der Waals surface area contributed by atoms with Gasteiger partial charge in [-0.1, -0.05) is 60.7 Å². The Morgan fingerprint density at radius 3 is 2.12 bits per heavy atom. The van der Waals surface area contributed by atoms with Gasteiger partial charge >= 0.3 is 0 Å². The summed E-state index contributed by atoms with van der Waals surface area (Å²) in [5.74, 6) is 0.574. The van der Waals surface area contributed by atoms with Crippen LogP contribution in [0.4, 0.5) is 0 Å². The molecule has 0 amide bonds. The molecule has 1 atom stereocenters. The molecule has 0 heterocycles. The molecule has 0 saturated carbocycles. The number of hydrogen-bond acceptors (Lipinski definition) is 1. The third kappa shape index (κ3) is 4.00. The van der Waals surface area contributed by atoms with Crippen molar-refractivity contribution >= 4 is 16.9 Å². The lowest BCUT2D eigenvalue weighted by molar-refractivity contribution is 0.688. The minimum atomic E-state index is -0.952. The number of benzene rings is 2. The van der Waals surface area contributed by atoms with E-state index in [0.717, 1.165) is 11.1 Å². The molecule has 86 valence electrons. The first kappa shape index (κ1) is 11.8. The maximum absolute atomic E-state index is 11.8. The lowest BCUT2D eigenvalue weighted by Gasteiger charge is -1.97. The van der Waals surface area contributed by atoms with E-state index in [9.17, 15) is 4.21 Å². The van der Waals surface area contributed by atoms with Crippen molar-refractivity contribution < 1.29 is 4.21 Å². The van der Waals surface area contributed by atoms with Crippen LogP contribution in [0, 0.1) is 0 Å². The number of rotatable bonds is 4. The molecule has 0 spiro atoms. The minimum Gasteiger partial charge on any atom is -0.255 e. The van der Waals surface area contributed by atoms with Gasteiger partial charge in [-0.05, 0) is 17.2 Å². The Balaban J connectivity index is 1.96. The first-order chi connectivity index (χ1) is 8.34. The lowest BCUT2D eigenvalue weighted by Crippen LogP contribution is -1.90. The molecule has 0 aliphatic rings. The molecule has 0 N–H and O–H groups in total. The van der Waals surface area contributed by atoms with Crippen LogP contribution in [0.1, 0.15) is 11.1 Å². The maximum Gasteiger partial charge on any atom is 0.0526 e. The Hall–Kier alpha value is -1.67. The highest BCUT2D eigenvalue weighted by molar-refractivity contribution is 7.87. The molecule has 0 bridgehead atoms. The van der Waals surface area contributed by atoms with Gasteiger partial charge in [-0.15, -0.1) is 0 Å². The molecular weight excluding hydrogens is 228 g/mol. The van der Waals surface area contributed by atoms with Gasteiger partial charge in [0.2, 0.25) is 0 Å². The quantitative estimate of drug-likeness (QED) is 0.800. The van der Waals surface area contributed by atoms with Crippen molar-refractivity contribution in [1.29, 1.82) is 0 Å². The van der Waals surface area contributed by atoms with Crippen LogP contribution in [0.5, 0.6) is 0 Å². The lowest BCUT2D eigenvalue weighted by atomic mass is 10.2. The van der Waals surface area contributed by atoms with Crippen molar-refractivity contribution in [1.82, 2.24) is 0 Å². The topological polar surface area (TPSA) is 17.1 Å². The van der Waals surface area contributed by atoms with Gasteiger partial charge in [0.15, 0.2) is 0 Å². The first-order valence-electron chi connectivity index (χ1n) is 5.49. The molecule has 0 aliphatic carbocycles. The van der Waals surface area contributed by atoms with Gasteiger partial charge in [-0.25, -0.2) is 0 Å². The van der Waals surface area contributed by atoms with Gasteiger partial charge in [-0.2, -0.15) is 0 Å². The molecule has 0 aliphatic heterocycles. The molecule has 0 saturated heterocycles. The number of hydrogen-bond donors (Lipinski definition) is 0. The van der Waals surface area contributed by atoms with E-state index in [1.54, 1.807) is 5.41 Å². The molecule has 2 heteroatoms. The van der Waals surface area contributed by atoms with Crippen LogP contribution in [0.15, 0.2) is 66.1 Å². The second-order valence-electron chi connectivity index (χ2n) is 3.72. The highest BCUT2D eigenvalue weighted by Gasteiger charge is 1.96. The van der Waals surface area contributed by atoms with Gasteiger partial charge in [-0.3, -0.25) is 4.21 Å². The van der Waals surface area contributed by atoms with Gasteiger partial charge in [0.25, 0.3) is 0 Å². The predicted molar refractivity (Wildman–Crippen MR) is 73.8 cm³/mol. The minimum absolute atomic E-state index is 0.574. The first-order valence-corrected chi connectivity index (χ1v) is 6.87. The van der Waals surface area contributed by atoms with E-state index in [-0.39, 0.29) is 0 Å². The van der Waals surface area contributed by atoms with E-state index in [0.29, 0.717) is 5.75 Å². The smallest absolute Gasteiger partial charge is 0.0526 e. The Kier molecular flexibility index (Phi) is 4.28. The maximum atomic E-state index is 11.8. The predicted octanol–water partition coefficient (Wildman–Crippen LogP) is 3.61. The Morgan fingerprint density at radius 2 is 1.47 bits per heavy atom. The molecule has 0 fully saturated rings. The van der Waals surface area contributed by atoms with Crippen molar-refractivity contribution in [3.05, 3.63) is 77.2 Å². The SMILES string of the molecule is O=[S@](C=Cc1ccccc1)Cc1ccccc1. The van der Waals surface area contributed by atoms with E-state index >= 15 is 0 Å². The van der Waals surface area contributed by atoms with Gasteiger partial charge in [0.1, 0.15) is 0 Å². The molecule has 1 nitrogen and oxygen atoms in total. The highest BCUT2D eigenvalue weighted by Crippen LogP contribution is 2.06. The highest BCUT2D eigenvalue weighted by atomic mass is 32.2. The van der Waals surface area contributed by atoms with E-state index in [4.69, 9.17) is 0 Å². The van der Waals surface area contributed by atoms with Crippen molar-refractivity contribution in [2.45, 2.75) is 5.75 Å². The van der Waals surface area contributed by atoms with Crippen LogP contribution in [0.2, 0.25) is 0 Å². The van der Waals surface area contributed by atoms with Gasteiger partial charge < -0.3 is 0 Å². The summed E-state index contributed by atoms with van der Waals surface area (Å²) in [4.78, 5) is 0. The molecule has 2 aromatic rings. The summed E-state index contributed by atoms with van der Waals surface area (Å²) in [6.07, 6.45) is 1.90. The molecule has 0 radical (unpaired) electrons. The second kappa shape index (κ2) is 6.16. The molecule has 17 heavy (non-hydrogen) atoms. The summed E-state index contributed by atoms with van der Waals surface area (Å²) in [5, 5.41) is 1.75. The van der Waals surface area contributed by atoms with E-state index < -0.39 is 10.8 Å².